The van der Waals surface area contributed by atoms with Crippen molar-refractivity contribution in [3.63, 3.8) is 0 Å². The van der Waals surface area contributed by atoms with Crippen LogP contribution in [0, 0.1) is 0 Å². The van der Waals surface area contributed by atoms with Crippen LogP contribution in [0.25, 0.3) is 0 Å². The third-order valence-electron chi connectivity index (χ3n) is 4.02. The van der Waals surface area contributed by atoms with Gasteiger partial charge in [0.1, 0.15) is 0 Å². The number of nitrogens with zero attached hydrogens (tertiary/aromatic N) is 1. The van der Waals surface area contributed by atoms with Crippen molar-refractivity contribution < 1.29 is 9.53 Å². The first kappa shape index (κ1) is 18.2. The molecule has 1 amide bonds. The summed E-state index contributed by atoms with van der Waals surface area (Å²) < 4.78 is 5.66. The zero-order valence-electron chi connectivity index (χ0n) is 13.8. The molecule has 2 atom stereocenters. The third-order valence-corrected chi connectivity index (χ3v) is 4.27. The van der Waals surface area contributed by atoms with Gasteiger partial charge < -0.3 is 20.3 Å². The lowest BCUT2D eigenvalue weighted by atomic mass is 10.0. The van der Waals surface area contributed by atoms with E-state index in [4.69, 9.17) is 16.3 Å². The maximum atomic E-state index is 12.1. The van der Waals surface area contributed by atoms with Crippen molar-refractivity contribution in [2.45, 2.75) is 25.5 Å². The molecule has 23 heavy (non-hydrogen) atoms. The Bertz CT molecular complexity index is 495. The van der Waals surface area contributed by atoms with Gasteiger partial charge in [-0.2, -0.15) is 0 Å². The molecule has 0 bridgehead atoms. The molecule has 1 saturated heterocycles. The van der Waals surface area contributed by atoms with Crippen LogP contribution in [0.3, 0.4) is 0 Å². The van der Waals surface area contributed by atoms with Crippen LogP contribution in [0.4, 0.5) is 0 Å². The van der Waals surface area contributed by atoms with Crippen molar-refractivity contribution in [2.24, 2.45) is 0 Å². The molecule has 0 aromatic heterocycles. The van der Waals surface area contributed by atoms with Crippen LogP contribution < -0.4 is 10.6 Å². The predicted octanol–water partition coefficient (Wildman–Crippen LogP) is 1.83. The molecule has 2 rings (SSSR count). The number of benzene rings is 1. The van der Waals surface area contributed by atoms with Crippen molar-refractivity contribution in [3.05, 3.63) is 34.9 Å². The number of carbonyl (C=O) groups is 1. The molecule has 0 spiro atoms. The number of nitrogens with one attached hydrogen (secondary N) is 2. The Labute approximate surface area is 143 Å². The largest absolute Gasteiger partial charge is 0.374 e. The zero-order chi connectivity index (χ0) is 16.7. The molecular formula is C17H26ClN3O2. The molecule has 0 radical (unpaired) electrons. The van der Waals surface area contributed by atoms with E-state index in [1.54, 1.807) is 0 Å². The van der Waals surface area contributed by atoms with Crippen molar-refractivity contribution in [2.75, 3.05) is 39.8 Å². The van der Waals surface area contributed by atoms with Gasteiger partial charge in [-0.15, -0.1) is 0 Å². The molecule has 1 aliphatic rings. The van der Waals surface area contributed by atoms with E-state index in [0.29, 0.717) is 18.1 Å². The highest BCUT2D eigenvalue weighted by molar-refractivity contribution is 6.30. The van der Waals surface area contributed by atoms with Crippen molar-refractivity contribution in [1.29, 1.82) is 0 Å². The number of hydrogen-bond acceptors (Lipinski definition) is 4. The molecule has 1 aliphatic heterocycles. The topological polar surface area (TPSA) is 53.6 Å². The smallest absolute Gasteiger partial charge is 0.234 e. The molecule has 5 nitrogen and oxygen atoms in total. The molecule has 128 valence electrons. The minimum Gasteiger partial charge on any atom is -0.374 e. The number of morpholine rings is 1. The van der Waals surface area contributed by atoms with E-state index in [2.05, 4.69) is 29.5 Å². The summed E-state index contributed by atoms with van der Waals surface area (Å²) in [6, 6.07) is 7.62. The lowest BCUT2D eigenvalue weighted by molar-refractivity contribution is -0.121. The molecule has 2 N–H and O–H groups in total. The van der Waals surface area contributed by atoms with Gasteiger partial charge in [-0.3, -0.25) is 4.79 Å². The van der Waals surface area contributed by atoms with Crippen molar-refractivity contribution in [3.8, 4) is 0 Å². The highest BCUT2D eigenvalue weighted by Crippen LogP contribution is 2.18. The molecule has 0 unspecified atom stereocenters. The van der Waals surface area contributed by atoms with E-state index in [1.165, 1.54) is 0 Å². The number of amides is 1. The number of ether oxygens (including phenoxy) is 1. The Balaban J connectivity index is 1.73. The summed E-state index contributed by atoms with van der Waals surface area (Å²) >= 11 is 5.91. The fraction of sp³-hybridized carbons (Fsp3) is 0.588. The van der Waals surface area contributed by atoms with E-state index in [1.807, 2.05) is 24.3 Å². The fourth-order valence-electron chi connectivity index (χ4n) is 2.70. The molecule has 6 heteroatoms. The second-order valence-corrected chi connectivity index (χ2v) is 6.40. The van der Waals surface area contributed by atoms with Gasteiger partial charge in [0.05, 0.1) is 25.3 Å². The van der Waals surface area contributed by atoms with E-state index in [0.717, 1.165) is 31.7 Å². The Morgan fingerprint density at radius 3 is 2.83 bits per heavy atom. The lowest BCUT2D eigenvalue weighted by Crippen LogP contribution is -2.46. The van der Waals surface area contributed by atoms with Crippen LogP contribution in [0.5, 0.6) is 0 Å². The van der Waals surface area contributed by atoms with E-state index >= 15 is 0 Å². The summed E-state index contributed by atoms with van der Waals surface area (Å²) in [7, 11) is 2.08. The monoisotopic (exact) mass is 339 g/mol. The maximum absolute atomic E-state index is 12.1. The van der Waals surface area contributed by atoms with Crippen LogP contribution in [0.1, 0.15) is 24.9 Å². The first-order valence-electron chi connectivity index (χ1n) is 8.14. The standard InChI is InChI=1S/C17H26ClN3O2/c1-3-16(13-4-6-14(18)7-5-13)20-17(22)11-19-10-15-12-21(2)8-9-23-15/h4-7,15-16,19H,3,8-12H2,1-2H3,(H,20,22)/t15-,16+/m0/s1. The van der Waals surface area contributed by atoms with Gasteiger partial charge in [-0.1, -0.05) is 30.7 Å². The van der Waals surface area contributed by atoms with Crippen LogP contribution in [0.2, 0.25) is 5.02 Å². The van der Waals surface area contributed by atoms with Crippen LogP contribution in [-0.4, -0.2) is 56.7 Å². The van der Waals surface area contributed by atoms with E-state index < -0.39 is 0 Å². The van der Waals surface area contributed by atoms with E-state index in [9.17, 15) is 4.79 Å². The zero-order valence-corrected chi connectivity index (χ0v) is 14.6. The Hall–Kier alpha value is -1.14. The van der Waals surface area contributed by atoms with Crippen LogP contribution in [0.15, 0.2) is 24.3 Å². The van der Waals surface area contributed by atoms with Gasteiger partial charge in [0, 0.05) is 24.7 Å². The maximum Gasteiger partial charge on any atom is 0.234 e. The minimum atomic E-state index is -0.00374. The lowest BCUT2D eigenvalue weighted by Gasteiger charge is -2.30. The van der Waals surface area contributed by atoms with Crippen molar-refractivity contribution in [1.82, 2.24) is 15.5 Å². The second kappa shape index (κ2) is 9.23. The molecule has 0 aliphatic carbocycles. The van der Waals surface area contributed by atoms with E-state index in [-0.39, 0.29) is 18.1 Å². The molecular weight excluding hydrogens is 314 g/mol. The average Bonchev–Trinajstić information content (AvgIpc) is 2.54. The number of hydrogen-bond donors (Lipinski definition) is 2. The number of carbonyl (C=O) groups excluding carboxylic acids is 1. The number of likely N-dealkylation sites (N-methyl/N-ethyl adjacent to an activating group) is 1. The van der Waals surface area contributed by atoms with Gasteiger partial charge >= 0.3 is 0 Å². The first-order chi connectivity index (χ1) is 11.1. The highest BCUT2D eigenvalue weighted by atomic mass is 35.5. The van der Waals surface area contributed by atoms with Gasteiger partial charge in [0.25, 0.3) is 0 Å². The quantitative estimate of drug-likeness (QED) is 0.795. The fourth-order valence-corrected chi connectivity index (χ4v) is 2.82. The van der Waals surface area contributed by atoms with Gasteiger partial charge in [0.15, 0.2) is 0 Å². The molecule has 1 fully saturated rings. The average molecular weight is 340 g/mol. The van der Waals surface area contributed by atoms with Crippen molar-refractivity contribution >= 4 is 17.5 Å². The summed E-state index contributed by atoms with van der Waals surface area (Å²) in [5, 5.41) is 6.94. The Kier molecular flexibility index (Phi) is 7.30. The molecule has 1 heterocycles. The summed E-state index contributed by atoms with van der Waals surface area (Å²) in [6.45, 7) is 5.67. The normalized spacial score (nSPS) is 20.2. The Morgan fingerprint density at radius 1 is 1.43 bits per heavy atom. The summed E-state index contributed by atoms with van der Waals surface area (Å²) in [5.41, 5.74) is 1.07. The Morgan fingerprint density at radius 2 is 2.17 bits per heavy atom. The number of rotatable bonds is 7. The van der Waals surface area contributed by atoms with Crippen LogP contribution in [-0.2, 0) is 9.53 Å². The highest BCUT2D eigenvalue weighted by Gasteiger charge is 2.18. The molecule has 1 aromatic rings. The SMILES string of the molecule is CC[C@@H](NC(=O)CNC[C@H]1CN(C)CCO1)c1ccc(Cl)cc1. The van der Waals surface area contributed by atoms with Gasteiger partial charge in [0.2, 0.25) is 5.91 Å². The second-order valence-electron chi connectivity index (χ2n) is 5.97. The molecule has 0 saturated carbocycles. The third kappa shape index (κ3) is 6.11. The van der Waals surface area contributed by atoms with Gasteiger partial charge in [-0.25, -0.2) is 0 Å². The number of halogens is 1. The predicted molar refractivity (Wildman–Crippen MR) is 92.7 cm³/mol. The summed E-state index contributed by atoms with van der Waals surface area (Å²) in [5.74, 6) is -0.00374. The first-order valence-corrected chi connectivity index (χ1v) is 8.52. The molecule has 1 aromatic carbocycles. The van der Waals surface area contributed by atoms with Crippen LogP contribution >= 0.6 is 11.6 Å². The van der Waals surface area contributed by atoms with Gasteiger partial charge in [-0.05, 0) is 31.2 Å². The summed E-state index contributed by atoms with van der Waals surface area (Å²) in [6.07, 6.45) is 0.990. The minimum absolute atomic E-state index is 0.00374. The summed E-state index contributed by atoms with van der Waals surface area (Å²) in [4.78, 5) is 14.3.